The Kier molecular flexibility index (Phi) is 6.28. The fourth-order valence-electron chi connectivity index (χ4n) is 2.47. The first-order chi connectivity index (χ1) is 9.00. The molecule has 110 valence electrons. The first kappa shape index (κ1) is 16.0. The van der Waals surface area contributed by atoms with Gasteiger partial charge >= 0.3 is 0 Å². The summed E-state index contributed by atoms with van der Waals surface area (Å²) in [7, 11) is 0. The highest BCUT2D eigenvalue weighted by atomic mass is 16.2. The van der Waals surface area contributed by atoms with E-state index in [-0.39, 0.29) is 23.8 Å². The van der Waals surface area contributed by atoms with Gasteiger partial charge in [0.05, 0.1) is 12.0 Å². The molecule has 0 spiro atoms. The molecule has 1 aliphatic rings. The number of rotatable bonds is 7. The van der Waals surface area contributed by atoms with Gasteiger partial charge in [0, 0.05) is 13.1 Å². The average Bonchev–Trinajstić information content (AvgIpc) is 2.83. The van der Waals surface area contributed by atoms with Crippen LogP contribution in [0.15, 0.2) is 0 Å². The molecule has 5 nitrogen and oxygen atoms in total. The number of nitrogens with one attached hydrogen (secondary N) is 3. The van der Waals surface area contributed by atoms with E-state index in [9.17, 15) is 9.59 Å². The standard InChI is InChI=1S/C14H27N3O2/c1-4-5-14(6-7-15-10-14)13(19)17-9-12(18)16-8-11(2)3/h11,15H,4-10H2,1-3H3,(H,16,18)(H,17,19). The minimum Gasteiger partial charge on any atom is -0.354 e. The molecule has 19 heavy (non-hydrogen) atoms. The molecule has 1 rings (SSSR count). The van der Waals surface area contributed by atoms with E-state index >= 15 is 0 Å². The predicted octanol–water partition coefficient (Wildman–Crippen LogP) is 0.655. The normalized spacial score (nSPS) is 22.5. The van der Waals surface area contributed by atoms with Crippen LogP contribution in [0.4, 0.5) is 0 Å². The van der Waals surface area contributed by atoms with E-state index in [0.717, 1.165) is 32.4 Å². The second-order valence-electron chi connectivity index (χ2n) is 5.84. The van der Waals surface area contributed by atoms with Crippen LogP contribution in [0.3, 0.4) is 0 Å². The number of hydrogen-bond donors (Lipinski definition) is 3. The monoisotopic (exact) mass is 269 g/mol. The minimum atomic E-state index is -0.312. The number of carbonyl (C=O) groups excluding carboxylic acids is 2. The highest BCUT2D eigenvalue weighted by molar-refractivity contribution is 5.88. The Labute approximate surface area is 115 Å². The molecule has 0 saturated carbocycles. The van der Waals surface area contributed by atoms with Crippen LogP contribution in [0.1, 0.15) is 40.0 Å². The zero-order valence-corrected chi connectivity index (χ0v) is 12.3. The lowest BCUT2D eigenvalue weighted by Crippen LogP contribution is -2.46. The van der Waals surface area contributed by atoms with Crippen molar-refractivity contribution in [3.63, 3.8) is 0 Å². The van der Waals surface area contributed by atoms with Gasteiger partial charge in [-0.2, -0.15) is 0 Å². The molecule has 1 aliphatic heterocycles. The predicted molar refractivity (Wildman–Crippen MR) is 75.7 cm³/mol. The first-order valence-corrected chi connectivity index (χ1v) is 7.26. The summed E-state index contributed by atoms with van der Waals surface area (Å²) >= 11 is 0. The third-order valence-corrected chi connectivity index (χ3v) is 3.57. The third kappa shape index (κ3) is 4.82. The van der Waals surface area contributed by atoms with Crippen LogP contribution >= 0.6 is 0 Å². The molecule has 0 aromatic heterocycles. The van der Waals surface area contributed by atoms with Gasteiger partial charge in [-0.05, 0) is 25.3 Å². The molecule has 1 saturated heterocycles. The fraction of sp³-hybridized carbons (Fsp3) is 0.857. The number of hydrogen-bond acceptors (Lipinski definition) is 3. The molecule has 0 aliphatic carbocycles. The molecule has 0 bridgehead atoms. The van der Waals surface area contributed by atoms with Crippen LogP contribution < -0.4 is 16.0 Å². The van der Waals surface area contributed by atoms with Gasteiger partial charge in [-0.25, -0.2) is 0 Å². The molecule has 0 aromatic carbocycles. The summed E-state index contributed by atoms with van der Waals surface area (Å²) in [5.74, 6) is 0.323. The van der Waals surface area contributed by atoms with E-state index in [4.69, 9.17) is 0 Å². The van der Waals surface area contributed by atoms with Gasteiger partial charge in [-0.1, -0.05) is 27.2 Å². The van der Waals surface area contributed by atoms with Gasteiger partial charge < -0.3 is 16.0 Å². The van der Waals surface area contributed by atoms with E-state index in [1.54, 1.807) is 0 Å². The van der Waals surface area contributed by atoms with Crippen molar-refractivity contribution < 1.29 is 9.59 Å². The third-order valence-electron chi connectivity index (χ3n) is 3.57. The van der Waals surface area contributed by atoms with E-state index in [2.05, 4.69) is 22.9 Å². The van der Waals surface area contributed by atoms with Gasteiger partial charge in [0.1, 0.15) is 0 Å². The molecule has 1 heterocycles. The van der Waals surface area contributed by atoms with E-state index in [1.807, 2.05) is 13.8 Å². The molecule has 1 fully saturated rings. The van der Waals surface area contributed by atoms with E-state index in [0.29, 0.717) is 12.5 Å². The van der Waals surface area contributed by atoms with Crippen LogP contribution in [-0.4, -0.2) is 38.0 Å². The lowest BCUT2D eigenvalue weighted by atomic mass is 9.81. The number of amides is 2. The van der Waals surface area contributed by atoms with Crippen LogP contribution in [0, 0.1) is 11.3 Å². The molecule has 1 unspecified atom stereocenters. The summed E-state index contributed by atoms with van der Waals surface area (Å²) in [5.41, 5.74) is -0.312. The highest BCUT2D eigenvalue weighted by Gasteiger charge is 2.40. The fourth-order valence-corrected chi connectivity index (χ4v) is 2.47. The first-order valence-electron chi connectivity index (χ1n) is 7.26. The Morgan fingerprint density at radius 3 is 2.58 bits per heavy atom. The van der Waals surface area contributed by atoms with Gasteiger partial charge in [0.15, 0.2) is 0 Å². The van der Waals surface area contributed by atoms with E-state index in [1.165, 1.54) is 0 Å². The van der Waals surface area contributed by atoms with E-state index < -0.39 is 0 Å². The van der Waals surface area contributed by atoms with Crippen molar-refractivity contribution >= 4 is 11.8 Å². The molecule has 1 atom stereocenters. The minimum absolute atomic E-state index is 0.0130. The Bertz CT molecular complexity index is 310. The van der Waals surface area contributed by atoms with Crippen LogP contribution in [0.2, 0.25) is 0 Å². The van der Waals surface area contributed by atoms with Gasteiger partial charge in [0.25, 0.3) is 0 Å². The molecule has 0 radical (unpaired) electrons. The molecular formula is C14H27N3O2. The summed E-state index contributed by atoms with van der Waals surface area (Å²) in [6.07, 6.45) is 2.72. The Morgan fingerprint density at radius 1 is 1.32 bits per heavy atom. The lowest BCUT2D eigenvalue weighted by Gasteiger charge is -2.26. The van der Waals surface area contributed by atoms with Gasteiger partial charge in [-0.3, -0.25) is 9.59 Å². The molecule has 2 amide bonds. The van der Waals surface area contributed by atoms with Crippen molar-refractivity contribution in [3.05, 3.63) is 0 Å². The topological polar surface area (TPSA) is 70.2 Å². The maximum atomic E-state index is 12.3. The number of carbonyl (C=O) groups is 2. The zero-order valence-electron chi connectivity index (χ0n) is 12.3. The molecule has 0 aromatic rings. The van der Waals surface area contributed by atoms with Crippen molar-refractivity contribution in [2.75, 3.05) is 26.2 Å². The van der Waals surface area contributed by atoms with Crippen LogP contribution in [-0.2, 0) is 9.59 Å². The molecule has 5 heteroatoms. The van der Waals surface area contributed by atoms with Crippen molar-refractivity contribution in [1.82, 2.24) is 16.0 Å². The summed E-state index contributed by atoms with van der Waals surface area (Å²) in [6, 6.07) is 0. The Morgan fingerprint density at radius 2 is 2.05 bits per heavy atom. The second kappa shape index (κ2) is 7.48. The van der Waals surface area contributed by atoms with Crippen molar-refractivity contribution in [2.45, 2.75) is 40.0 Å². The second-order valence-corrected chi connectivity index (χ2v) is 5.84. The average molecular weight is 269 g/mol. The highest BCUT2D eigenvalue weighted by Crippen LogP contribution is 2.31. The Balaban J connectivity index is 2.38. The summed E-state index contributed by atoms with van der Waals surface area (Å²) in [6.45, 7) is 8.50. The summed E-state index contributed by atoms with van der Waals surface area (Å²) < 4.78 is 0. The largest absolute Gasteiger partial charge is 0.354 e. The van der Waals surface area contributed by atoms with Crippen LogP contribution in [0.25, 0.3) is 0 Å². The lowest BCUT2D eigenvalue weighted by molar-refractivity contribution is -0.132. The van der Waals surface area contributed by atoms with Gasteiger partial charge in [-0.15, -0.1) is 0 Å². The van der Waals surface area contributed by atoms with Crippen LogP contribution in [0.5, 0.6) is 0 Å². The molecule has 3 N–H and O–H groups in total. The summed E-state index contributed by atoms with van der Waals surface area (Å²) in [4.78, 5) is 23.9. The maximum Gasteiger partial charge on any atom is 0.239 e. The SMILES string of the molecule is CCCC1(C(=O)NCC(=O)NCC(C)C)CCNC1. The van der Waals surface area contributed by atoms with Gasteiger partial charge in [0.2, 0.25) is 11.8 Å². The zero-order chi connectivity index (χ0) is 14.3. The summed E-state index contributed by atoms with van der Waals surface area (Å²) in [5, 5.41) is 8.83. The quantitative estimate of drug-likeness (QED) is 0.636. The van der Waals surface area contributed by atoms with Crippen molar-refractivity contribution in [1.29, 1.82) is 0 Å². The Hall–Kier alpha value is -1.10. The van der Waals surface area contributed by atoms with Crippen molar-refractivity contribution in [3.8, 4) is 0 Å². The smallest absolute Gasteiger partial charge is 0.239 e. The van der Waals surface area contributed by atoms with Crippen molar-refractivity contribution in [2.24, 2.45) is 11.3 Å². The maximum absolute atomic E-state index is 12.3. The molecular weight excluding hydrogens is 242 g/mol.